The van der Waals surface area contributed by atoms with Crippen LogP contribution in [0.15, 0.2) is 56.6 Å². The molecule has 2 aromatic carbocycles. The molecule has 1 atom stereocenters. The van der Waals surface area contributed by atoms with E-state index >= 15 is 0 Å². The first-order chi connectivity index (χ1) is 15.3. The Morgan fingerprint density at radius 1 is 1.16 bits per heavy atom. The predicted molar refractivity (Wildman–Crippen MR) is 121 cm³/mol. The molecule has 2 heterocycles. The van der Waals surface area contributed by atoms with Gasteiger partial charge in [-0.25, -0.2) is 13.2 Å². The van der Waals surface area contributed by atoms with E-state index < -0.39 is 15.8 Å². The van der Waals surface area contributed by atoms with Crippen molar-refractivity contribution in [3.63, 3.8) is 0 Å². The average Bonchev–Trinajstić information content (AvgIpc) is 3.08. The lowest BCUT2D eigenvalue weighted by molar-refractivity contribution is -0.121. The highest BCUT2D eigenvalue weighted by molar-refractivity contribution is 7.89. The van der Waals surface area contributed by atoms with Crippen LogP contribution in [-0.2, 0) is 27.9 Å². The summed E-state index contributed by atoms with van der Waals surface area (Å²) in [6.45, 7) is 4.50. The van der Waals surface area contributed by atoms with E-state index in [0.29, 0.717) is 18.6 Å². The number of carbonyl (C=O) groups excluding carboxylic acids is 1. The molecule has 1 aliphatic rings. The number of nitrogens with one attached hydrogen (secondary N) is 1. The van der Waals surface area contributed by atoms with Crippen LogP contribution in [0.2, 0.25) is 0 Å². The Morgan fingerprint density at radius 3 is 2.62 bits per heavy atom. The molecule has 0 bridgehead atoms. The lowest BCUT2D eigenvalue weighted by atomic mass is 10.1. The van der Waals surface area contributed by atoms with Crippen LogP contribution in [0, 0.1) is 6.92 Å². The Bertz CT molecular complexity index is 1290. The van der Waals surface area contributed by atoms with Gasteiger partial charge in [0.25, 0.3) is 0 Å². The largest absolute Gasteiger partial charge is 0.420 e. The molecule has 8 nitrogen and oxygen atoms in total. The van der Waals surface area contributed by atoms with E-state index in [1.165, 1.54) is 27.1 Å². The molecule has 0 saturated carbocycles. The third kappa shape index (κ3) is 4.49. The maximum atomic E-state index is 13.1. The third-order valence-corrected chi connectivity index (χ3v) is 7.91. The second-order valence-electron chi connectivity index (χ2n) is 8.31. The van der Waals surface area contributed by atoms with Crippen LogP contribution < -0.4 is 11.1 Å². The summed E-state index contributed by atoms with van der Waals surface area (Å²) in [5, 5.41) is 2.79. The summed E-state index contributed by atoms with van der Waals surface area (Å²) in [6.07, 6.45) is 2.66. The lowest BCUT2D eigenvalue weighted by Crippen LogP contribution is -2.41. The Labute approximate surface area is 186 Å². The third-order valence-electron chi connectivity index (χ3n) is 5.90. The summed E-state index contributed by atoms with van der Waals surface area (Å²) >= 11 is 0. The van der Waals surface area contributed by atoms with Crippen LogP contribution in [0.1, 0.15) is 37.3 Å². The highest BCUT2D eigenvalue weighted by Gasteiger charge is 2.31. The lowest BCUT2D eigenvalue weighted by Gasteiger charge is -2.32. The Morgan fingerprint density at radius 2 is 1.91 bits per heavy atom. The minimum atomic E-state index is -3.69. The molecule has 0 spiro atoms. The van der Waals surface area contributed by atoms with Crippen LogP contribution in [0.4, 0.5) is 0 Å². The van der Waals surface area contributed by atoms with E-state index in [2.05, 4.69) is 5.32 Å². The minimum absolute atomic E-state index is 0.0710. The highest BCUT2D eigenvalue weighted by atomic mass is 32.2. The van der Waals surface area contributed by atoms with Crippen molar-refractivity contribution >= 4 is 27.0 Å². The molecular formula is C23H27N3O5S. The Hall–Kier alpha value is -2.91. The van der Waals surface area contributed by atoms with Gasteiger partial charge >= 0.3 is 5.76 Å². The molecule has 1 aromatic heterocycles. The van der Waals surface area contributed by atoms with Gasteiger partial charge < -0.3 is 9.73 Å². The normalized spacial score (nSPS) is 17.5. The fraction of sp³-hybridized carbons (Fsp3) is 0.391. The number of aryl methyl sites for hydroxylation is 1. The number of sulfonamides is 1. The molecule has 0 aliphatic carbocycles. The zero-order valence-corrected chi connectivity index (χ0v) is 19.0. The summed E-state index contributed by atoms with van der Waals surface area (Å²) in [6, 6.07) is 12.1. The molecule has 1 amide bonds. The van der Waals surface area contributed by atoms with Gasteiger partial charge in [-0.15, -0.1) is 0 Å². The Balaban J connectivity index is 1.52. The van der Waals surface area contributed by atoms with Crippen LogP contribution in [0.25, 0.3) is 11.1 Å². The van der Waals surface area contributed by atoms with Crippen molar-refractivity contribution in [1.29, 1.82) is 0 Å². The van der Waals surface area contributed by atoms with Gasteiger partial charge in [-0.2, -0.15) is 4.31 Å². The average molecular weight is 458 g/mol. The van der Waals surface area contributed by atoms with Crippen molar-refractivity contribution < 1.29 is 17.6 Å². The molecule has 1 saturated heterocycles. The highest BCUT2D eigenvalue weighted by Crippen LogP contribution is 2.27. The fourth-order valence-electron chi connectivity index (χ4n) is 4.03. The number of fused-ring (bicyclic) bond motifs is 1. The van der Waals surface area contributed by atoms with E-state index in [4.69, 9.17) is 4.42 Å². The molecule has 1 N–H and O–H groups in total. The van der Waals surface area contributed by atoms with Gasteiger partial charge in [0, 0.05) is 25.2 Å². The van der Waals surface area contributed by atoms with Gasteiger partial charge in [0.2, 0.25) is 15.9 Å². The number of nitrogens with zero attached hydrogens (tertiary/aromatic N) is 2. The second kappa shape index (κ2) is 8.91. The molecule has 4 rings (SSSR count). The van der Waals surface area contributed by atoms with Gasteiger partial charge in [-0.05, 0) is 44.4 Å². The molecule has 9 heteroatoms. The minimum Gasteiger partial charge on any atom is -0.408 e. The van der Waals surface area contributed by atoms with Crippen LogP contribution in [-0.4, -0.2) is 35.8 Å². The van der Waals surface area contributed by atoms with Crippen molar-refractivity contribution in [2.45, 2.75) is 57.1 Å². The Kier molecular flexibility index (Phi) is 6.21. The van der Waals surface area contributed by atoms with Crippen LogP contribution in [0.3, 0.4) is 0 Å². The maximum absolute atomic E-state index is 13.1. The van der Waals surface area contributed by atoms with Crippen molar-refractivity contribution in [2.75, 3.05) is 6.54 Å². The van der Waals surface area contributed by atoms with E-state index in [-0.39, 0.29) is 29.0 Å². The number of rotatable bonds is 6. The quantitative estimate of drug-likeness (QED) is 0.613. The first-order valence-corrected chi connectivity index (χ1v) is 12.2. The number of hydrogen-bond donors (Lipinski definition) is 1. The van der Waals surface area contributed by atoms with E-state index in [9.17, 15) is 18.0 Å². The standard InChI is InChI=1S/C23H27N3O5S/c1-16-6-8-18(9-7-16)14-24-22(27)15-25-20-11-10-19(13-21(20)31-23(25)28)32(29,30)26-12-4-3-5-17(26)2/h6-11,13,17H,3-5,12,14-15H2,1-2H3,(H,24,27)/t17-/m1/s1. The first kappa shape index (κ1) is 22.3. The fourth-order valence-corrected chi connectivity index (χ4v) is 5.74. The molecule has 1 fully saturated rings. The van der Waals surface area contributed by atoms with E-state index in [1.54, 1.807) is 0 Å². The maximum Gasteiger partial charge on any atom is 0.420 e. The number of amides is 1. The predicted octanol–water partition coefficient (Wildman–Crippen LogP) is 2.78. The zero-order valence-electron chi connectivity index (χ0n) is 18.2. The topological polar surface area (TPSA) is 102 Å². The first-order valence-electron chi connectivity index (χ1n) is 10.7. The van der Waals surface area contributed by atoms with Gasteiger partial charge in [0.05, 0.1) is 10.4 Å². The number of carbonyl (C=O) groups is 1. The molecule has 0 unspecified atom stereocenters. The molecule has 170 valence electrons. The van der Waals surface area contributed by atoms with Crippen molar-refractivity contribution in [1.82, 2.24) is 14.2 Å². The summed E-state index contributed by atoms with van der Waals surface area (Å²) in [4.78, 5) is 24.8. The van der Waals surface area contributed by atoms with Gasteiger partial charge in [-0.1, -0.05) is 36.2 Å². The number of benzene rings is 2. The summed E-state index contributed by atoms with van der Waals surface area (Å²) in [5.74, 6) is -1.04. The van der Waals surface area contributed by atoms with Crippen LogP contribution in [0.5, 0.6) is 0 Å². The molecular weight excluding hydrogens is 430 g/mol. The number of hydrogen-bond acceptors (Lipinski definition) is 5. The SMILES string of the molecule is Cc1ccc(CNC(=O)Cn2c(=O)oc3cc(S(=O)(=O)N4CCCC[C@H]4C)ccc32)cc1. The monoisotopic (exact) mass is 457 g/mol. The molecule has 32 heavy (non-hydrogen) atoms. The molecule has 3 aromatic rings. The smallest absolute Gasteiger partial charge is 0.408 e. The van der Waals surface area contributed by atoms with E-state index in [1.807, 2.05) is 38.1 Å². The van der Waals surface area contributed by atoms with Crippen molar-refractivity contribution in [3.05, 3.63) is 64.1 Å². The number of piperidine rings is 1. The van der Waals surface area contributed by atoms with Gasteiger partial charge in [-0.3, -0.25) is 9.36 Å². The zero-order chi connectivity index (χ0) is 22.9. The number of aromatic nitrogens is 1. The number of oxazole rings is 1. The summed E-state index contributed by atoms with van der Waals surface area (Å²) in [5.41, 5.74) is 2.61. The summed E-state index contributed by atoms with van der Waals surface area (Å²) in [7, 11) is -3.69. The van der Waals surface area contributed by atoms with Crippen molar-refractivity contribution in [3.8, 4) is 0 Å². The molecule has 1 aliphatic heterocycles. The van der Waals surface area contributed by atoms with Crippen LogP contribution >= 0.6 is 0 Å². The van der Waals surface area contributed by atoms with Crippen molar-refractivity contribution in [2.24, 2.45) is 0 Å². The van der Waals surface area contributed by atoms with E-state index in [0.717, 1.165) is 30.4 Å². The summed E-state index contributed by atoms with van der Waals surface area (Å²) < 4.78 is 34.2. The second-order valence-corrected chi connectivity index (χ2v) is 10.2. The van der Waals surface area contributed by atoms with Gasteiger partial charge in [0.15, 0.2) is 5.58 Å². The van der Waals surface area contributed by atoms with Gasteiger partial charge in [0.1, 0.15) is 6.54 Å². The molecule has 0 radical (unpaired) electrons.